The zero-order valence-corrected chi connectivity index (χ0v) is 22.7. The third kappa shape index (κ3) is 5.98. The van der Waals surface area contributed by atoms with Gasteiger partial charge in [-0.3, -0.25) is 9.69 Å². The van der Waals surface area contributed by atoms with Crippen LogP contribution in [0.1, 0.15) is 24.2 Å². The van der Waals surface area contributed by atoms with Gasteiger partial charge in [0.1, 0.15) is 0 Å². The number of ether oxygens (including phenoxy) is 2. The largest absolute Gasteiger partial charge is 0.493 e. The van der Waals surface area contributed by atoms with Crippen molar-refractivity contribution in [2.24, 2.45) is 0 Å². The summed E-state index contributed by atoms with van der Waals surface area (Å²) in [6.07, 6.45) is 0. The standard InChI is InChI=1S/C28H31N3O3S.ClH/c1-5-30(6-2)16-17-31(28-29-23-18-24(33-3)25(34-4)19-26(23)35-28)27(32)22-14-12-21(13-15-22)20-10-8-7-9-11-20;/h7-15,18-19H,5-6,16-17H2,1-4H3;1H. The van der Waals surface area contributed by atoms with Crippen molar-refractivity contribution in [1.29, 1.82) is 0 Å². The number of carbonyl (C=O) groups is 1. The number of carbonyl (C=O) groups excluding carboxylic acids is 1. The zero-order valence-electron chi connectivity index (χ0n) is 21.1. The molecular weight excluding hydrogens is 494 g/mol. The van der Waals surface area contributed by atoms with Gasteiger partial charge in [0, 0.05) is 30.8 Å². The van der Waals surface area contributed by atoms with E-state index in [0.717, 1.165) is 41.0 Å². The average molecular weight is 526 g/mol. The lowest BCUT2D eigenvalue weighted by molar-refractivity contribution is 0.0984. The lowest BCUT2D eigenvalue weighted by Gasteiger charge is -2.24. The molecule has 0 bridgehead atoms. The minimum atomic E-state index is -0.0604. The maximum atomic E-state index is 13.7. The smallest absolute Gasteiger partial charge is 0.260 e. The number of thiazole rings is 1. The molecule has 0 atom stereocenters. The third-order valence-corrected chi connectivity index (χ3v) is 7.17. The van der Waals surface area contributed by atoms with Crippen LogP contribution in [0.3, 0.4) is 0 Å². The molecule has 0 aliphatic rings. The van der Waals surface area contributed by atoms with Crippen LogP contribution in [0.2, 0.25) is 0 Å². The fourth-order valence-electron chi connectivity index (χ4n) is 4.02. The van der Waals surface area contributed by atoms with Crippen LogP contribution >= 0.6 is 23.7 Å². The molecule has 0 aliphatic carbocycles. The Bertz CT molecular complexity index is 1230. The first kappa shape index (κ1) is 27.5. The Morgan fingerprint density at radius 1 is 0.861 bits per heavy atom. The summed E-state index contributed by atoms with van der Waals surface area (Å²) < 4.78 is 11.8. The van der Waals surface area contributed by atoms with E-state index in [9.17, 15) is 4.79 Å². The number of aromatic nitrogens is 1. The molecule has 3 aromatic carbocycles. The molecule has 1 aromatic heterocycles. The first-order chi connectivity index (χ1) is 17.1. The van der Waals surface area contributed by atoms with Crippen LogP contribution in [0.4, 0.5) is 5.13 Å². The van der Waals surface area contributed by atoms with Crippen molar-refractivity contribution >= 4 is 45.0 Å². The monoisotopic (exact) mass is 525 g/mol. The highest BCUT2D eigenvalue weighted by Gasteiger charge is 2.23. The fourth-order valence-corrected chi connectivity index (χ4v) is 5.02. The second-order valence-corrected chi connectivity index (χ2v) is 9.11. The number of amides is 1. The molecule has 190 valence electrons. The van der Waals surface area contributed by atoms with Gasteiger partial charge in [-0.25, -0.2) is 4.98 Å². The first-order valence-electron chi connectivity index (χ1n) is 11.8. The Morgan fingerprint density at radius 2 is 1.47 bits per heavy atom. The van der Waals surface area contributed by atoms with Gasteiger partial charge in [0.15, 0.2) is 16.6 Å². The Balaban J connectivity index is 0.00000361. The summed E-state index contributed by atoms with van der Waals surface area (Å²) in [5.74, 6) is 1.21. The van der Waals surface area contributed by atoms with Gasteiger partial charge >= 0.3 is 0 Å². The molecule has 36 heavy (non-hydrogen) atoms. The molecule has 1 amide bonds. The number of hydrogen-bond acceptors (Lipinski definition) is 6. The summed E-state index contributed by atoms with van der Waals surface area (Å²) in [5, 5.41) is 0.666. The zero-order chi connectivity index (χ0) is 24.8. The Morgan fingerprint density at radius 3 is 2.08 bits per heavy atom. The second kappa shape index (κ2) is 12.7. The number of benzene rings is 3. The second-order valence-electron chi connectivity index (χ2n) is 8.10. The minimum absolute atomic E-state index is 0. The van der Waals surface area contributed by atoms with Gasteiger partial charge in [-0.05, 0) is 36.3 Å². The topological polar surface area (TPSA) is 54.9 Å². The molecule has 0 fully saturated rings. The highest BCUT2D eigenvalue weighted by molar-refractivity contribution is 7.22. The predicted octanol–water partition coefficient (Wildman–Crippen LogP) is 6.39. The molecule has 0 radical (unpaired) electrons. The lowest BCUT2D eigenvalue weighted by atomic mass is 10.0. The van der Waals surface area contributed by atoms with E-state index in [4.69, 9.17) is 14.5 Å². The predicted molar refractivity (Wildman–Crippen MR) is 151 cm³/mol. The van der Waals surface area contributed by atoms with Crippen LogP contribution in [0.5, 0.6) is 11.5 Å². The van der Waals surface area contributed by atoms with Gasteiger partial charge in [-0.15, -0.1) is 12.4 Å². The summed E-state index contributed by atoms with van der Waals surface area (Å²) in [6.45, 7) is 7.44. The Kier molecular flexibility index (Phi) is 9.70. The van der Waals surface area contributed by atoms with Crippen molar-refractivity contribution in [2.45, 2.75) is 13.8 Å². The number of likely N-dealkylation sites (N-methyl/N-ethyl adjacent to an activating group) is 1. The third-order valence-electron chi connectivity index (χ3n) is 6.13. The normalized spacial score (nSPS) is 10.8. The van der Waals surface area contributed by atoms with Crippen molar-refractivity contribution < 1.29 is 14.3 Å². The van der Waals surface area contributed by atoms with Crippen LogP contribution in [0.25, 0.3) is 21.3 Å². The molecule has 0 spiro atoms. The molecule has 1 heterocycles. The summed E-state index contributed by atoms with van der Waals surface area (Å²) in [7, 11) is 3.22. The van der Waals surface area contributed by atoms with E-state index in [0.29, 0.717) is 28.7 Å². The van der Waals surface area contributed by atoms with E-state index >= 15 is 0 Å². The van der Waals surface area contributed by atoms with E-state index in [2.05, 4.69) is 30.9 Å². The van der Waals surface area contributed by atoms with Gasteiger partial charge in [-0.2, -0.15) is 0 Å². The van der Waals surface area contributed by atoms with Crippen molar-refractivity contribution in [2.75, 3.05) is 45.3 Å². The van der Waals surface area contributed by atoms with Crippen LogP contribution in [0.15, 0.2) is 66.7 Å². The van der Waals surface area contributed by atoms with E-state index < -0.39 is 0 Å². The maximum Gasteiger partial charge on any atom is 0.260 e. The van der Waals surface area contributed by atoms with E-state index in [1.807, 2.05) is 54.6 Å². The van der Waals surface area contributed by atoms with Crippen LogP contribution in [0, 0.1) is 0 Å². The van der Waals surface area contributed by atoms with Gasteiger partial charge in [0.2, 0.25) is 0 Å². The molecule has 0 saturated carbocycles. The first-order valence-corrected chi connectivity index (χ1v) is 12.6. The van der Waals surface area contributed by atoms with Gasteiger partial charge in [0.25, 0.3) is 5.91 Å². The highest BCUT2D eigenvalue weighted by Crippen LogP contribution is 2.37. The molecule has 0 N–H and O–H groups in total. The summed E-state index contributed by atoms with van der Waals surface area (Å²) in [5.41, 5.74) is 3.62. The number of halogens is 1. The molecule has 4 aromatic rings. The quantitative estimate of drug-likeness (QED) is 0.240. The number of hydrogen-bond donors (Lipinski definition) is 0. The van der Waals surface area contributed by atoms with Gasteiger partial charge in [0.05, 0.1) is 24.4 Å². The number of fused-ring (bicyclic) bond motifs is 1. The molecule has 8 heteroatoms. The average Bonchev–Trinajstić information content (AvgIpc) is 3.33. The van der Waals surface area contributed by atoms with Crippen molar-refractivity contribution in [3.63, 3.8) is 0 Å². The summed E-state index contributed by atoms with van der Waals surface area (Å²) in [4.78, 5) is 22.6. The number of methoxy groups -OCH3 is 2. The van der Waals surface area contributed by atoms with Crippen molar-refractivity contribution in [1.82, 2.24) is 9.88 Å². The van der Waals surface area contributed by atoms with E-state index in [1.54, 1.807) is 19.1 Å². The highest BCUT2D eigenvalue weighted by atomic mass is 35.5. The molecule has 0 unspecified atom stereocenters. The number of nitrogens with zero attached hydrogens (tertiary/aromatic N) is 3. The lowest BCUT2D eigenvalue weighted by Crippen LogP contribution is -2.38. The number of anilines is 1. The molecule has 4 rings (SSSR count). The minimum Gasteiger partial charge on any atom is -0.493 e. The maximum absolute atomic E-state index is 13.7. The number of rotatable bonds is 10. The van der Waals surface area contributed by atoms with Crippen LogP contribution < -0.4 is 14.4 Å². The molecule has 6 nitrogen and oxygen atoms in total. The summed E-state index contributed by atoms with van der Waals surface area (Å²) >= 11 is 1.48. The van der Waals surface area contributed by atoms with E-state index in [1.165, 1.54) is 11.3 Å². The van der Waals surface area contributed by atoms with Crippen molar-refractivity contribution in [3.8, 4) is 22.6 Å². The van der Waals surface area contributed by atoms with Gasteiger partial charge in [-0.1, -0.05) is 67.6 Å². The molecular formula is C28H32ClN3O3S. The van der Waals surface area contributed by atoms with Crippen molar-refractivity contribution in [3.05, 3.63) is 72.3 Å². The van der Waals surface area contributed by atoms with E-state index in [-0.39, 0.29) is 18.3 Å². The molecule has 0 aliphatic heterocycles. The Labute approximate surface area is 222 Å². The summed E-state index contributed by atoms with van der Waals surface area (Å²) in [6, 6.07) is 21.7. The van der Waals surface area contributed by atoms with Crippen LogP contribution in [-0.2, 0) is 0 Å². The fraction of sp³-hybridized carbons (Fsp3) is 0.286. The SMILES string of the molecule is CCN(CC)CCN(C(=O)c1ccc(-c2ccccc2)cc1)c1nc2cc(OC)c(OC)cc2s1.Cl. The molecule has 0 saturated heterocycles. The Hall–Kier alpha value is -3.13. The van der Waals surface area contributed by atoms with Gasteiger partial charge < -0.3 is 14.4 Å². The van der Waals surface area contributed by atoms with Crippen LogP contribution in [-0.4, -0.2) is 56.2 Å².